The molecule has 0 bridgehead atoms. The molecule has 0 fully saturated rings. The van der Waals surface area contributed by atoms with Crippen molar-refractivity contribution in [2.75, 3.05) is 13.2 Å². The third kappa shape index (κ3) is 11.5. The molecule has 4 aromatic heterocycles. The average Bonchev–Trinajstić information content (AvgIpc) is 4.17. The Morgan fingerprint density at radius 3 is 1.29 bits per heavy atom. The molecule has 0 saturated heterocycles. The van der Waals surface area contributed by atoms with E-state index in [-0.39, 0.29) is 0 Å². The Morgan fingerprint density at radius 1 is 0.529 bits per heavy atom. The van der Waals surface area contributed by atoms with Crippen LogP contribution in [-0.4, -0.2) is 33.1 Å². The number of hydrogen-bond donors (Lipinski definition) is 2. The molecule has 2 unspecified atom stereocenters. The summed E-state index contributed by atoms with van der Waals surface area (Å²) in [6.07, 6.45) is 17.8. The number of para-hydroxylation sites is 2. The predicted octanol–water partition coefficient (Wildman–Crippen LogP) is 15.0. The molecule has 4 aromatic carbocycles. The maximum absolute atomic E-state index is 11.1. The molecule has 0 radical (unpaired) electrons. The van der Waals surface area contributed by atoms with Crippen LogP contribution in [0.4, 0.5) is 0 Å². The number of nitrogens with zero attached hydrogens (tertiary/aromatic N) is 4. The summed E-state index contributed by atoms with van der Waals surface area (Å²) < 4.78 is 14.7. The number of fused-ring (bicyclic) bond motifs is 3. The van der Waals surface area contributed by atoms with Gasteiger partial charge in [-0.25, -0.2) is 9.97 Å². The summed E-state index contributed by atoms with van der Waals surface area (Å²) in [6.45, 7) is 10.4. The van der Waals surface area contributed by atoms with E-state index >= 15 is 0 Å². The summed E-state index contributed by atoms with van der Waals surface area (Å²) in [4.78, 5) is 17.5. The lowest BCUT2D eigenvalue weighted by Gasteiger charge is -2.13. The molecule has 0 saturated carbocycles. The Bertz CT molecular complexity index is 2850. The molecule has 2 atom stereocenters. The van der Waals surface area contributed by atoms with Crippen molar-refractivity contribution in [2.45, 2.75) is 118 Å². The Hall–Kier alpha value is -6.20. The summed E-state index contributed by atoms with van der Waals surface area (Å²) in [7, 11) is 0. The Morgan fingerprint density at radius 2 is 0.912 bits per heavy atom. The highest BCUT2D eigenvalue weighted by molar-refractivity contribution is 7.20. The minimum absolute atomic E-state index is 0.423. The molecule has 2 N–H and O–H groups in total. The van der Waals surface area contributed by atoms with Gasteiger partial charge in [0.25, 0.3) is 0 Å². The van der Waals surface area contributed by atoms with Crippen LogP contribution in [0.15, 0.2) is 97.1 Å². The van der Waals surface area contributed by atoms with E-state index in [4.69, 9.17) is 19.4 Å². The number of rotatable bonds is 24. The number of nitriles is 2. The van der Waals surface area contributed by atoms with Crippen molar-refractivity contribution in [3.8, 4) is 46.2 Å². The van der Waals surface area contributed by atoms with Crippen molar-refractivity contribution in [3.63, 3.8) is 0 Å². The van der Waals surface area contributed by atoms with E-state index in [0.29, 0.717) is 56.9 Å². The van der Waals surface area contributed by atoms with Crippen LogP contribution in [0.25, 0.3) is 64.9 Å². The van der Waals surface area contributed by atoms with Gasteiger partial charge in [0, 0.05) is 10.8 Å². The minimum Gasteiger partial charge on any atom is -0.493 e. The van der Waals surface area contributed by atoms with E-state index in [1.165, 1.54) is 99.7 Å². The molecule has 68 heavy (non-hydrogen) atoms. The molecule has 0 aliphatic heterocycles. The minimum atomic E-state index is 0.423. The normalized spacial score (nSPS) is 13.4. The molecule has 8 rings (SSSR count). The van der Waals surface area contributed by atoms with Crippen LogP contribution in [0.1, 0.15) is 128 Å². The average molecular weight is 941 g/mol. The molecule has 0 spiro atoms. The van der Waals surface area contributed by atoms with Gasteiger partial charge in [0.2, 0.25) is 0 Å². The zero-order valence-corrected chi connectivity index (χ0v) is 41.8. The summed E-state index contributed by atoms with van der Waals surface area (Å²) >= 11 is 2.99. The van der Waals surface area contributed by atoms with Crippen LogP contribution in [0.3, 0.4) is 0 Å². The monoisotopic (exact) mass is 940 g/mol. The standard InChI is InChI=1S/C58H64N6O2S2/c1-5-7-9-11-13-15-21-39(3)37-65-43-31-27-41(28-32-43)53-51-52(56(63-53)46(36-60)58-62-48-24-18-20-26-50(48)68-58)54(64-55(51)45(35-59)57-61-47-23-17-19-25-49(47)67-57)42-29-33-44(34-30-42)66-38-40(4)22-16-14-12-10-8-6-2/h17-20,23-34,39-40,63-64H,5-16,21-22,37-38H2,1-4H3/b55-45-,56-46-. The SMILES string of the molecule is CCCCCCCCC(C)COc1ccc(-c2[nH]/c(=C(/C#N)c3nc4ccccc4s3)c3c(-c4ccc(OCC(C)CCCCCCCC)cc4)[nH]/c(=C(/C#N)c4nc5ccccc5s4)c23)cc1. The fourth-order valence-electron chi connectivity index (χ4n) is 9.06. The van der Waals surface area contributed by atoms with Crippen LogP contribution in [0.5, 0.6) is 11.5 Å². The maximum atomic E-state index is 11.1. The quantitative estimate of drug-likeness (QED) is 0.0582. The number of aromatic nitrogens is 4. The smallest absolute Gasteiger partial charge is 0.137 e. The third-order valence-corrected chi connectivity index (χ3v) is 15.1. The summed E-state index contributed by atoms with van der Waals surface area (Å²) in [5.74, 6) is 2.52. The second-order valence-electron chi connectivity index (χ2n) is 18.4. The van der Waals surface area contributed by atoms with Gasteiger partial charge in [-0.2, -0.15) is 10.5 Å². The van der Waals surface area contributed by atoms with Gasteiger partial charge in [0.1, 0.15) is 44.8 Å². The molecule has 8 aromatic rings. The van der Waals surface area contributed by atoms with Crippen molar-refractivity contribution in [2.24, 2.45) is 11.8 Å². The van der Waals surface area contributed by atoms with Gasteiger partial charge < -0.3 is 19.4 Å². The summed E-state index contributed by atoms with van der Waals surface area (Å²) in [5.41, 5.74) is 5.85. The number of H-pyrrole nitrogens is 2. The lowest BCUT2D eigenvalue weighted by molar-refractivity contribution is 0.248. The maximum Gasteiger partial charge on any atom is 0.137 e. The Balaban J connectivity index is 1.22. The van der Waals surface area contributed by atoms with E-state index in [9.17, 15) is 10.5 Å². The van der Waals surface area contributed by atoms with E-state index in [1.54, 1.807) is 0 Å². The predicted molar refractivity (Wildman–Crippen MR) is 284 cm³/mol. The number of aromatic amines is 2. The molecule has 350 valence electrons. The first kappa shape index (κ1) is 48.3. The van der Waals surface area contributed by atoms with Crippen molar-refractivity contribution in [1.82, 2.24) is 19.9 Å². The molecule has 0 aliphatic carbocycles. The van der Waals surface area contributed by atoms with Crippen molar-refractivity contribution >= 4 is 65.0 Å². The molecular formula is C58H64N6O2S2. The highest BCUT2D eigenvalue weighted by atomic mass is 32.1. The lowest BCUT2D eigenvalue weighted by Crippen LogP contribution is -2.11. The van der Waals surface area contributed by atoms with Gasteiger partial charge in [-0.05, 0) is 109 Å². The molecule has 4 heterocycles. The number of hydrogen-bond acceptors (Lipinski definition) is 8. The van der Waals surface area contributed by atoms with Crippen molar-refractivity contribution < 1.29 is 9.47 Å². The largest absolute Gasteiger partial charge is 0.493 e. The molecule has 10 heteroatoms. The van der Waals surface area contributed by atoms with Crippen LogP contribution in [-0.2, 0) is 0 Å². The van der Waals surface area contributed by atoms with Gasteiger partial charge in [0.05, 0.1) is 55.7 Å². The zero-order valence-electron chi connectivity index (χ0n) is 40.1. The van der Waals surface area contributed by atoms with Crippen LogP contribution in [0.2, 0.25) is 0 Å². The van der Waals surface area contributed by atoms with E-state index < -0.39 is 0 Å². The van der Waals surface area contributed by atoms with Gasteiger partial charge in [-0.3, -0.25) is 0 Å². The van der Waals surface area contributed by atoms with Crippen LogP contribution < -0.4 is 20.2 Å². The van der Waals surface area contributed by atoms with Crippen molar-refractivity contribution in [3.05, 3.63) is 118 Å². The fourth-order valence-corrected chi connectivity index (χ4v) is 11.0. The van der Waals surface area contributed by atoms with E-state index in [2.05, 4.69) is 74.1 Å². The highest BCUT2D eigenvalue weighted by Gasteiger charge is 2.24. The number of unbranched alkanes of at least 4 members (excludes halogenated alkanes) is 10. The second kappa shape index (κ2) is 23.7. The zero-order chi connectivity index (χ0) is 47.2. The molecule has 8 nitrogen and oxygen atoms in total. The number of ether oxygens (including phenoxy) is 2. The fraction of sp³-hybridized carbons (Fsp3) is 0.379. The number of benzene rings is 4. The Kier molecular flexibility index (Phi) is 16.8. The van der Waals surface area contributed by atoms with Gasteiger partial charge in [0.15, 0.2) is 0 Å². The Labute approximate surface area is 409 Å². The molecular weight excluding hydrogens is 877 g/mol. The molecule has 0 aliphatic rings. The van der Waals surface area contributed by atoms with Gasteiger partial charge in [-0.1, -0.05) is 129 Å². The summed E-state index contributed by atoms with van der Waals surface area (Å²) in [6, 6.07) is 37.4. The summed E-state index contributed by atoms with van der Waals surface area (Å²) in [5, 5.41) is 26.3. The first-order valence-corrected chi connectivity index (χ1v) is 26.5. The topological polar surface area (TPSA) is 123 Å². The first-order chi connectivity index (χ1) is 33.4. The van der Waals surface area contributed by atoms with Crippen molar-refractivity contribution in [1.29, 1.82) is 10.5 Å². The lowest BCUT2D eigenvalue weighted by atomic mass is 10.0. The molecule has 0 amide bonds. The first-order valence-electron chi connectivity index (χ1n) is 24.9. The van der Waals surface area contributed by atoms with Crippen LogP contribution >= 0.6 is 22.7 Å². The highest BCUT2D eigenvalue weighted by Crippen LogP contribution is 2.35. The number of thiazole rings is 2. The second-order valence-corrected chi connectivity index (χ2v) is 20.5. The third-order valence-electron chi connectivity index (χ3n) is 12.9. The number of nitrogens with one attached hydrogen (secondary N) is 2. The van der Waals surface area contributed by atoms with E-state index in [1.807, 2.05) is 72.8 Å². The van der Waals surface area contributed by atoms with Gasteiger partial charge >= 0.3 is 0 Å². The van der Waals surface area contributed by atoms with E-state index in [0.717, 1.165) is 78.1 Å². The van der Waals surface area contributed by atoms with Gasteiger partial charge in [-0.15, -0.1) is 22.7 Å². The van der Waals surface area contributed by atoms with Crippen LogP contribution in [0, 0.1) is 34.5 Å².